The summed E-state index contributed by atoms with van der Waals surface area (Å²) in [7, 11) is 0. The summed E-state index contributed by atoms with van der Waals surface area (Å²) >= 11 is 0. The summed E-state index contributed by atoms with van der Waals surface area (Å²) in [6.45, 7) is 7.74. The van der Waals surface area contributed by atoms with Gasteiger partial charge in [0.1, 0.15) is 12.2 Å². The lowest BCUT2D eigenvalue weighted by atomic mass is 9.81. The van der Waals surface area contributed by atoms with E-state index in [0.29, 0.717) is 29.7 Å². The fraction of sp³-hybridized carbons (Fsp3) is 0.600. The molecule has 6 heteroatoms. The maximum atomic E-state index is 12.4. The van der Waals surface area contributed by atoms with Gasteiger partial charge in [-0.2, -0.15) is 0 Å². The Balaban J connectivity index is 1.96. The van der Waals surface area contributed by atoms with Crippen LogP contribution >= 0.6 is 0 Å². The van der Waals surface area contributed by atoms with Gasteiger partial charge in [-0.1, -0.05) is 18.7 Å². The van der Waals surface area contributed by atoms with Crippen molar-refractivity contribution in [1.82, 2.24) is 0 Å². The summed E-state index contributed by atoms with van der Waals surface area (Å²) in [6, 6.07) is 0. The number of allylic oxidation sites excluding steroid dienone is 2. The van der Waals surface area contributed by atoms with Gasteiger partial charge in [0.25, 0.3) is 0 Å². The molecule has 26 heavy (non-hydrogen) atoms. The molecule has 2 fully saturated rings. The van der Waals surface area contributed by atoms with Gasteiger partial charge in [0.15, 0.2) is 6.29 Å². The molecule has 3 heterocycles. The Kier molecular flexibility index (Phi) is 5.63. The van der Waals surface area contributed by atoms with E-state index < -0.39 is 30.3 Å². The predicted octanol–water partition coefficient (Wildman–Crippen LogP) is 2.43. The summed E-state index contributed by atoms with van der Waals surface area (Å²) in [5.74, 6) is -1.14. The highest BCUT2D eigenvalue weighted by atomic mass is 16.6. The molecule has 2 bridgehead atoms. The van der Waals surface area contributed by atoms with E-state index in [1.807, 2.05) is 6.08 Å². The van der Waals surface area contributed by atoms with E-state index in [9.17, 15) is 14.7 Å². The molecule has 0 aromatic heterocycles. The van der Waals surface area contributed by atoms with Crippen LogP contribution in [0, 0.1) is 11.8 Å². The third kappa shape index (κ3) is 3.76. The monoisotopic (exact) mass is 362 g/mol. The van der Waals surface area contributed by atoms with Crippen molar-refractivity contribution >= 4 is 11.9 Å². The van der Waals surface area contributed by atoms with Crippen molar-refractivity contribution in [3.8, 4) is 0 Å². The number of hydrogen-bond donors (Lipinski definition) is 1. The molecular weight excluding hydrogens is 336 g/mol. The number of aliphatic hydroxyl groups excluding tert-OH is 1. The average molecular weight is 362 g/mol. The first-order chi connectivity index (χ1) is 12.4. The molecule has 1 N–H and O–H groups in total. The Morgan fingerprint density at radius 2 is 2.23 bits per heavy atom. The smallest absolute Gasteiger partial charge is 0.334 e. The molecule has 0 aromatic rings. The van der Waals surface area contributed by atoms with Gasteiger partial charge in [-0.25, -0.2) is 9.59 Å². The zero-order chi connectivity index (χ0) is 18.8. The number of rotatable bonds is 2. The summed E-state index contributed by atoms with van der Waals surface area (Å²) in [4.78, 5) is 24.5. The van der Waals surface area contributed by atoms with E-state index in [4.69, 9.17) is 14.2 Å². The predicted molar refractivity (Wildman–Crippen MR) is 93.8 cm³/mol. The number of hydrogen-bond acceptors (Lipinski definition) is 6. The van der Waals surface area contributed by atoms with Gasteiger partial charge in [0, 0.05) is 17.6 Å². The Labute approximate surface area is 153 Å². The van der Waals surface area contributed by atoms with Gasteiger partial charge in [-0.15, -0.1) is 0 Å². The van der Waals surface area contributed by atoms with Gasteiger partial charge in [-0.05, 0) is 44.6 Å². The van der Waals surface area contributed by atoms with Crippen molar-refractivity contribution in [1.29, 1.82) is 0 Å². The van der Waals surface area contributed by atoms with Crippen molar-refractivity contribution < 1.29 is 28.9 Å². The molecule has 3 aliphatic heterocycles. The third-order valence-corrected chi connectivity index (χ3v) is 5.53. The summed E-state index contributed by atoms with van der Waals surface area (Å²) < 4.78 is 16.9. The van der Waals surface area contributed by atoms with E-state index in [-0.39, 0.29) is 18.4 Å². The van der Waals surface area contributed by atoms with E-state index in [1.165, 1.54) is 0 Å². The van der Waals surface area contributed by atoms with Crippen LogP contribution in [-0.2, 0) is 23.8 Å². The first-order valence-corrected chi connectivity index (χ1v) is 9.13. The van der Waals surface area contributed by atoms with Crippen molar-refractivity contribution in [2.75, 3.05) is 6.61 Å². The number of ether oxygens (including phenoxy) is 3. The second kappa shape index (κ2) is 7.76. The lowest BCUT2D eigenvalue weighted by Crippen LogP contribution is -2.39. The van der Waals surface area contributed by atoms with E-state index in [1.54, 1.807) is 19.9 Å². The average Bonchev–Trinajstić information content (AvgIpc) is 2.89. The van der Waals surface area contributed by atoms with Crippen molar-refractivity contribution in [3.63, 3.8) is 0 Å². The number of fused-ring (bicyclic) bond motifs is 5. The van der Waals surface area contributed by atoms with Crippen molar-refractivity contribution in [3.05, 3.63) is 35.5 Å². The van der Waals surface area contributed by atoms with E-state index in [2.05, 4.69) is 6.58 Å². The molecule has 0 spiro atoms. The Bertz CT molecular complexity index is 661. The molecule has 0 radical (unpaired) electrons. The van der Waals surface area contributed by atoms with Gasteiger partial charge in [0.05, 0.1) is 12.5 Å². The topological polar surface area (TPSA) is 82.1 Å². The lowest BCUT2D eigenvalue weighted by molar-refractivity contribution is -0.151. The van der Waals surface area contributed by atoms with Crippen LogP contribution in [-0.4, -0.2) is 42.1 Å². The van der Waals surface area contributed by atoms with Gasteiger partial charge >= 0.3 is 11.9 Å². The largest absolute Gasteiger partial charge is 0.458 e. The quantitative estimate of drug-likeness (QED) is 0.462. The van der Waals surface area contributed by atoms with E-state index >= 15 is 0 Å². The van der Waals surface area contributed by atoms with Crippen LogP contribution < -0.4 is 0 Å². The first-order valence-electron chi connectivity index (χ1n) is 9.13. The SMILES string of the molecule is C=C1C(=O)O[C@@H]2C[C@H]3CC/C=C(\C[C@@H](OC(=O)/C(C)=C/C)[C@@H]12)[C@H](O)OC3. The number of aliphatic hydroxyl groups is 1. The number of carbonyl (C=O) groups is 2. The summed E-state index contributed by atoms with van der Waals surface area (Å²) in [5, 5.41) is 10.3. The zero-order valence-electron chi connectivity index (χ0n) is 15.3. The molecule has 5 atom stereocenters. The summed E-state index contributed by atoms with van der Waals surface area (Å²) in [5.41, 5.74) is 1.49. The molecule has 4 rings (SSSR count). The highest BCUT2D eigenvalue weighted by Crippen LogP contribution is 2.40. The van der Waals surface area contributed by atoms with Crippen LogP contribution in [0.2, 0.25) is 0 Å². The molecule has 0 saturated carbocycles. The van der Waals surface area contributed by atoms with Crippen LogP contribution in [0.1, 0.15) is 39.5 Å². The molecule has 6 nitrogen and oxygen atoms in total. The molecule has 0 unspecified atom stereocenters. The van der Waals surface area contributed by atoms with Crippen LogP contribution in [0.5, 0.6) is 0 Å². The molecule has 1 aliphatic carbocycles. The second-order valence-electron chi connectivity index (χ2n) is 7.26. The highest BCUT2D eigenvalue weighted by molar-refractivity contribution is 5.91. The minimum atomic E-state index is -1.02. The fourth-order valence-electron chi connectivity index (χ4n) is 3.85. The molecule has 0 amide bonds. The Morgan fingerprint density at radius 3 is 2.96 bits per heavy atom. The zero-order valence-corrected chi connectivity index (χ0v) is 15.3. The Hall–Kier alpha value is -1.92. The second-order valence-corrected chi connectivity index (χ2v) is 7.26. The normalized spacial score (nSPS) is 37.3. The molecular formula is C20H26O6. The third-order valence-electron chi connectivity index (χ3n) is 5.53. The lowest BCUT2D eigenvalue weighted by Gasteiger charge is -2.34. The number of esters is 2. The van der Waals surface area contributed by atoms with Crippen LogP contribution in [0.15, 0.2) is 35.5 Å². The highest BCUT2D eigenvalue weighted by Gasteiger charge is 2.47. The van der Waals surface area contributed by atoms with Crippen LogP contribution in [0.3, 0.4) is 0 Å². The minimum Gasteiger partial charge on any atom is -0.458 e. The van der Waals surface area contributed by atoms with Gasteiger partial charge in [-0.3, -0.25) is 0 Å². The number of carbonyl (C=O) groups excluding carboxylic acids is 2. The maximum Gasteiger partial charge on any atom is 0.334 e. The fourth-order valence-corrected chi connectivity index (χ4v) is 3.85. The molecule has 2 saturated heterocycles. The first kappa shape index (κ1) is 18.9. The minimum absolute atomic E-state index is 0.153. The summed E-state index contributed by atoms with van der Waals surface area (Å²) in [6.07, 6.45) is 4.18. The standard InChI is InChI=1S/C20H26O6/c1-4-11(2)18(21)25-16-9-14-7-5-6-13(10-24-20(14)23)8-15-17(16)12(3)19(22)26-15/h4,7,13,15-17,20,23H,3,5-6,8-10H2,1-2H3/b11-4+,14-7+/t13-,15-,16-,17+,20-/m1/s1. The molecule has 0 aromatic carbocycles. The Morgan fingerprint density at radius 1 is 1.46 bits per heavy atom. The van der Waals surface area contributed by atoms with Crippen molar-refractivity contribution in [2.45, 2.75) is 58.0 Å². The van der Waals surface area contributed by atoms with Crippen LogP contribution in [0.4, 0.5) is 0 Å². The van der Waals surface area contributed by atoms with Gasteiger partial charge < -0.3 is 19.3 Å². The molecule has 4 aliphatic rings. The van der Waals surface area contributed by atoms with E-state index in [0.717, 1.165) is 12.8 Å². The maximum absolute atomic E-state index is 12.4. The molecule has 142 valence electrons. The van der Waals surface area contributed by atoms with Gasteiger partial charge in [0.2, 0.25) is 0 Å². The van der Waals surface area contributed by atoms with Crippen LogP contribution in [0.25, 0.3) is 0 Å². The van der Waals surface area contributed by atoms with Crippen molar-refractivity contribution in [2.24, 2.45) is 11.8 Å².